The maximum Gasteiger partial charge on any atom is 0.188 e. The van der Waals surface area contributed by atoms with Crippen molar-refractivity contribution in [2.45, 2.75) is 0 Å². The Kier molecular flexibility index (Phi) is 3.48. The van der Waals surface area contributed by atoms with E-state index in [-0.39, 0.29) is 16.5 Å². The van der Waals surface area contributed by atoms with E-state index in [9.17, 15) is 4.39 Å². The van der Waals surface area contributed by atoms with Crippen LogP contribution >= 0.6 is 23.2 Å². The molecule has 0 aliphatic heterocycles. The summed E-state index contributed by atoms with van der Waals surface area (Å²) in [6.45, 7) is 0. The molecule has 3 rings (SSSR count). The van der Waals surface area contributed by atoms with Gasteiger partial charge in [-0.05, 0) is 46.8 Å². The smallest absolute Gasteiger partial charge is 0.188 e. The number of anilines is 1. The maximum absolute atomic E-state index is 14.0. The molecule has 5 nitrogen and oxygen atoms in total. The minimum atomic E-state index is -0.545. The molecule has 1 heterocycles. The molecule has 0 unspecified atom stereocenters. The number of hydrogen-bond donors (Lipinski definition) is 1. The zero-order chi connectivity index (χ0) is 15.0. The van der Waals surface area contributed by atoms with Gasteiger partial charge in [-0.1, -0.05) is 23.2 Å². The molecule has 0 amide bonds. The van der Waals surface area contributed by atoms with Crippen molar-refractivity contribution in [3.8, 4) is 17.1 Å². The number of nitrogens with two attached hydrogens (primary N) is 1. The summed E-state index contributed by atoms with van der Waals surface area (Å²) in [7, 11) is 0. The van der Waals surface area contributed by atoms with Gasteiger partial charge in [0.05, 0.1) is 5.02 Å². The Morgan fingerprint density at radius 1 is 1.10 bits per heavy atom. The average Bonchev–Trinajstić information content (AvgIpc) is 2.90. The van der Waals surface area contributed by atoms with E-state index in [1.807, 2.05) is 0 Å². The molecule has 0 spiro atoms. The van der Waals surface area contributed by atoms with E-state index in [0.717, 1.165) is 0 Å². The van der Waals surface area contributed by atoms with Crippen LogP contribution in [0.2, 0.25) is 10.0 Å². The molecule has 0 aliphatic carbocycles. The molecular formula is C13H8Cl2FN5. The van der Waals surface area contributed by atoms with Crippen LogP contribution in [0.5, 0.6) is 0 Å². The first kappa shape index (κ1) is 13.8. The summed E-state index contributed by atoms with van der Waals surface area (Å²) >= 11 is 11.9. The average molecular weight is 324 g/mol. The number of tetrazole rings is 1. The lowest BCUT2D eigenvalue weighted by atomic mass is 10.2. The third-order valence-electron chi connectivity index (χ3n) is 2.84. The van der Waals surface area contributed by atoms with Crippen molar-refractivity contribution in [2.24, 2.45) is 0 Å². The molecule has 1 aromatic heterocycles. The Hall–Kier alpha value is -2.18. The van der Waals surface area contributed by atoms with E-state index < -0.39 is 5.82 Å². The van der Waals surface area contributed by atoms with Crippen LogP contribution in [0, 0.1) is 5.82 Å². The van der Waals surface area contributed by atoms with Gasteiger partial charge in [-0.2, -0.15) is 4.68 Å². The summed E-state index contributed by atoms with van der Waals surface area (Å²) in [5.41, 5.74) is 6.92. The predicted molar refractivity (Wildman–Crippen MR) is 79.0 cm³/mol. The fourth-order valence-electron chi connectivity index (χ4n) is 1.88. The van der Waals surface area contributed by atoms with Crippen LogP contribution < -0.4 is 5.73 Å². The molecule has 0 bridgehead atoms. The van der Waals surface area contributed by atoms with Gasteiger partial charge in [0.2, 0.25) is 0 Å². The second-order valence-electron chi connectivity index (χ2n) is 4.25. The van der Waals surface area contributed by atoms with Crippen molar-refractivity contribution in [1.82, 2.24) is 20.2 Å². The minimum Gasteiger partial charge on any atom is -0.399 e. The SMILES string of the molecule is Nc1ccc(Cl)c(-c2nnnn2-c2ccc(Cl)cc2F)c1. The standard InChI is InChI=1S/C13H8Cl2FN5/c14-7-1-4-12(11(16)5-7)21-13(18-19-20-21)9-6-8(17)2-3-10(9)15/h1-6H,17H2. The Labute approximate surface area is 129 Å². The van der Waals surface area contributed by atoms with Crippen LogP contribution in [0.1, 0.15) is 0 Å². The van der Waals surface area contributed by atoms with Gasteiger partial charge in [0.15, 0.2) is 5.82 Å². The van der Waals surface area contributed by atoms with Crippen LogP contribution in [-0.2, 0) is 0 Å². The summed E-state index contributed by atoms with van der Waals surface area (Å²) < 4.78 is 15.3. The number of nitrogen functional groups attached to an aromatic ring is 1. The molecule has 0 saturated heterocycles. The number of nitrogens with zero attached hydrogens (tertiary/aromatic N) is 4. The van der Waals surface area contributed by atoms with Crippen LogP contribution in [0.4, 0.5) is 10.1 Å². The van der Waals surface area contributed by atoms with Gasteiger partial charge in [-0.3, -0.25) is 0 Å². The predicted octanol–water partition coefficient (Wildman–Crippen LogP) is 3.36. The lowest BCUT2D eigenvalue weighted by Crippen LogP contribution is -2.03. The number of rotatable bonds is 2. The van der Waals surface area contributed by atoms with Gasteiger partial charge in [-0.25, -0.2) is 4.39 Å². The summed E-state index contributed by atoms with van der Waals surface area (Å²) in [6, 6.07) is 9.12. The molecule has 0 saturated carbocycles. The van der Waals surface area contributed by atoms with Crippen molar-refractivity contribution in [3.05, 3.63) is 52.3 Å². The van der Waals surface area contributed by atoms with E-state index in [4.69, 9.17) is 28.9 Å². The van der Waals surface area contributed by atoms with E-state index in [0.29, 0.717) is 16.3 Å². The largest absolute Gasteiger partial charge is 0.399 e. The lowest BCUT2D eigenvalue weighted by Gasteiger charge is -2.08. The highest BCUT2D eigenvalue weighted by molar-refractivity contribution is 6.33. The highest BCUT2D eigenvalue weighted by atomic mass is 35.5. The van der Waals surface area contributed by atoms with Gasteiger partial charge in [0.1, 0.15) is 11.5 Å². The first-order valence-corrected chi connectivity index (χ1v) is 6.61. The molecule has 3 aromatic rings. The zero-order valence-corrected chi connectivity index (χ0v) is 12.0. The van der Waals surface area contributed by atoms with Crippen molar-refractivity contribution >= 4 is 28.9 Å². The second kappa shape index (κ2) is 5.31. The molecule has 0 atom stereocenters. The lowest BCUT2D eigenvalue weighted by molar-refractivity contribution is 0.608. The normalized spacial score (nSPS) is 10.8. The number of aromatic nitrogens is 4. The molecule has 0 radical (unpaired) electrons. The first-order chi connectivity index (χ1) is 10.1. The van der Waals surface area contributed by atoms with Crippen LogP contribution in [-0.4, -0.2) is 20.2 Å². The third kappa shape index (κ3) is 2.55. The van der Waals surface area contributed by atoms with E-state index in [2.05, 4.69) is 15.5 Å². The molecule has 0 fully saturated rings. The van der Waals surface area contributed by atoms with E-state index in [1.54, 1.807) is 24.3 Å². The first-order valence-electron chi connectivity index (χ1n) is 5.85. The number of hydrogen-bond acceptors (Lipinski definition) is 4. The van der Waals surface area contributed by atoms with E-state index >= 15 is 0 Å². The fraction of sp³-hybridized carbons (Fsp3) is 0. The van der Waals surface area contributed by atoms with Crippen molar-refractivity contribution in [2.75, 3.05) is 5.73 Å². The number of halogens is 3. The Bertz CT molecular complexity index is 818. The second-order valence-corrected chi connectivity index (χ2v) is 5.09. The third-order valence-corrected chi connectivity index (χ3v) is 3.40. The van der Waals surface area contributed by atoms with E-state index in [1.165, 1.54) is 16.8 Å². The summed E-state index contributed by atoms with van der Waals surface area (Å²) in [6.07, 6.45) is 0. The molecule has 2 N–H and O–H groups in total. The van der Waals surface area contributed by atoms with Crippen LogP contribution in [0.25, 0.3) is 17.1 Å². The summed E-state index contributed by atoms with van der Waals surface area (Å²) in [5, 5.41) is 12.0. The van der Waals surface area contributed by atoms with Crippen LogP contribution in [0.3, 0.4) is 0 Å². The van der Waals surface area contributed by atoms with Crippen molar-refractivity contribution in [3.63, 3.8) is 0 Å². The minimum absolute atomic E-state index is 0.165. The zero-order valence-electron chi connectivity index (χ0n) is 10.5. The van der Waals surface area contributed by atoms with Gasteiger partial charge < -0.3 is 5.73 Å². The van der Waals surface area contributed by atoms with Crippen molar-refractivity contribution < 1.29 is 4.39 Å². The fourth-order valence-corrected chi connectivity index (χ4v) is 2.25. The van der Waals surface area contributed by atoms with Crippen LogP contribution in [0.15, 0.2) is 36.4 Å². The van der Waals surface area contributed by atoms with Gasteiger partial charge in [-0.15, -0.1) is 5.10 Å². The Morgan fingerprint density at radius 3 is 2.67 bits per heavy atom. The number of benzene rings is 2. The highest BCUT2D eigenvalue weighted by Gasteiger charge is 2.17. The monoisotopic (exact) mass is 323 g/mol. The van der Waals surface area contributed by atoms with Gasteiger partial charge in [0, 0.05) is 16.3 Å². The van der Waals surface area contributed by atoms with Crippen molar-refractivity contribution in [1.29, 1.82) is 0 Å². The summed E-state index contributed by atoms with van der Waals surface area (Å²) in [5.74, 6) is -0.260. The highest BCUT2D eigenvalue weighted by Crippen LogP contribution is 2.30. The Morgan fingerprint density at radius 2 is 1.90 bits per heavy atom. The quantitative estimate of drug-likeness (QED) is 0.734. The summed E-state index contributed by atoms with van der Waals surface area (Å²) in [4.78, 5) is 0. The van der Waals surface area contributed by atoms with Gasteiger partial charge in [0.25, 0.3) is 0 Å². The maximum atomic E-state index is 14.0. The Balaban J connectivity index is 2.19. The molecule has 106 valence electrons. The molecule has 0 aliphatic rings. The molecule has 21 heavy (non-hydrogen) atoms. The molecule has 8 heteroatoms. The van der Waals surface area contributed by atoms with Gasteiger partial charge >= 0.3 is 0 Å². The molecule has 2 aromatic carbocycles. The molecular weight excluding hydrogens is 316 g/mol. The topological polar surface area (TPSA) is 69.6 Å².